The number of hydrogen-bond donors (Lipinski definition) is 1. The molecule has 0 aliphatic carbocycles. The van der Waals surface area contributed by atoms with Crippen molar-refractivity contribution in [1.82, 2.24) is 4.98 Å². The van der Waals surface area contributed by atoms with Gasteiger partial charge in [0.1, 0.15) is 0 Å². The number of methoxy groups -OCH3 is 1. The number of aliphatic hydroxyl groups excluding tert-OH is 1. The molecule has 0 saturated carbocycles. The van der Waals surface area contributed by atoms with Crippen LogP contribution in [0.3, 0.4) is 0 Å². The van der Waals surface area contributed by atoms with Crippen molar-refractivity contribution in [2.75, 3.05) is 7.11 Å². The molecule has 5 heteroatoms. The summed E-state index contributed by atoms with van der Waals surface area (Å²) in [5, 5.41) is 10.8. The van der Waals surface area contributed by atoms with Crippen molar-refractivity contribution in [3.63, 3.8) is 0 Å². The zero-order valence-electron chi connectivity index (χ0n) is 10.5. The van der Waals surface area contributed by atoms with E-state index in [0.717, 1.165) is 15.2 Å². The van der Waals surface area contributed by atoms with Crippen LogP contribution in [-0.4, -0.2) is 23.2 Å². The first kappa shape index (κ1) is 13.0. The third kappa shape index (κ3) is 2.37. The summed E-state index contributed by atoms with van der Waals surface area (Å²) in [5.74, 6) is -0.278. The lowest BCUT2D eigenvalue weighted by atomic mass is 10.1. The molecular weight excluding hydrogens is 250 g/mol. The van der Waals surface area contributed by atoms with Crippen LogP contribution in [0.1, 0.15) is 36.4 Å². The Hall–Kier alpha value is -1.46. The molecule has 2 aromatic rings. The van der Waals surface area contributed by atoms with Crippen molar-refractivity contribution in [1.29, 1.82) is 0 Å². The second-order valence-electron chi connectivity index (χ2n) is 4.36. The van der Waals surface area contributed by atoms with Crippen molar-refractivity contribution >= 4 is 27.5 Å². The first-order chi connectivity index (χ1) is 8.52. The second kappa shape index (κ2) is 5.04. The van der Waals surface area contributed by atoms with E-state index in [-0.39, 0.29) is 0 Å². The number of rotatable bonds is 3. The molecule has 96 valence electrons. The molecule has 0 aliphatic rings. The zero-order chi connectivity index (χ0) is 13.3. The SMILES string of the molecule is COC(=O)C(O)c1ccc2nc(C(C)C)sc2c1. The van der Waals surface area contributed by atoms with E-state index in [4.69, 9.17) is 0 Å². The summed E-state index contributed by atoms with van der Waals surface area (Å²) < 4.78 is 5.49. The lowest BCUT2D eigenvalue weighted by molar-refractivity contribution is -0.150. The Morgan fingerprint density at radius 2 is 2.17 bits per heavy atom. The number of carbonyl (C=O) groups excluding carboxylic acids is 1. The van der Waals surface area contributed by atoms with E-state index in [1.165, 1.54) is 7.11 Å². The Bertz CT molecular complexity index is 577. The number of aliphatic hydroxyl groups is 1. The van der Waals surface area contributed by atoms with Gasteiger partial charge in [-0.15, -0.1) is 11.3 Å². The normalized spacial score (nSPS) is 12.9. The number of benzene rings is 1. The Labute approximate surface area is 109 Å². The van der Waals surface area contributed by atoms with E-state index in [0.29, 0.717) is 11.5 Å². The van der Waals surface area contributed by atoms with Gasteiger partial charge < -0.3 is 9.84 Å². The molecule has 0 amide bonds. The highest BCUT2D eigenvalue weighted by molar-refractivity contribution is 7.18. The minimum absolute atomic E-state index is 0.372. The molecule has 0 aliphatic heterocycles. The van der Waals surface area contributed by atoms with Crippen LogP contribution in [-0.2, 0) is 9.53 Å². The van der Waals surface area contributed by atoms with Crippen molar-refractivity contribution < 1.29 is 14.6 Å². The minimum Gasteiger partial charge on any atom is -0.467 e. The smallest absolute Gasteiger partial charge is 0.339 e. The van der Waals surface area contributed by atoms with Crippen LogP contribution in [0.25, 0.3) is 10.2 Å². The molecule has 1 atom stereocenters. The fraction of sp³-hybridized carbons (Fsp3) is 0.385. The molecule has 18 heavy (non-hydrogen) atoms. The lowest BCUT2D eigenvalue weighted by Crippen LogP contribution is -2.13. The summed E-state index contributed by atoms with van der Waals surface area (Å²) in [6.07, 6.45) is -1.23. The number of carbonyl (C=O) groups is 1. The first-order valence-corrected chi connectivity index (χ1v) is 6.51. The maximum Gasteiger partial charge on any atom is 0.339 e. The predicted molar refractivity (Wildman–Crippen MR) is 70.7 cm³/mol. The van der Waals surface area contributed by atoms with Crippen LogP contribution in [0.15, 0.2) is 18.2 Å². The highest BCUT2D eigenvalue weighted by atomic mass is 32.1. The van der Waals surface area contributed by atoms with Crippen molar-refractivity contribution in [3.8, 4) is 0 Å². The van der Waals surface area contributed by atoms with Crippen molar-refractivity contribution in [2.45, 2.75) is 25.9 Å². The van der Waals surface area contributed by atoms with Crippen LogP contribution >= 0.6 is 11.3 Å². The molecule has 1 unspecified atom stereocenters. The summed E-state index contributed by atoms with van der Waals surface area (Å²) in [7, 11) is 1.26. The van der Waals surface area contributed by atoms with Crippen LogP contribution in [0.4, 0.5) is 0 Å². The minimum atomic E-state index is -1.23. The third-order valence-electron chi connectivity index (χ3n) is 2.66. The molecule has 1 aromatic heterocycles. The monoisotopic (exact) mass is 265 g/mol. The Balaban J connectivity index is 2.40. The molecule has 2 rings (SSSR count). The summed E-state index contributed by atoms with van der Waals surface area (Å²) in [4.78, 5) is 15.8. The Morgan fingerprint density at radius 1 is 1.44 bits per heavy atom. The van der Waals surface area contributed by atoms with Crippen molar-refractivity contribution in [2.24, 2.45) is 0 Å². The summed E-state index contributed by atoms with van der Waals surface area (Å²) in [6, 6.07) is 5.31. The number of aromatic nitrogens is 1. The Kier molecular flexibility index (Phi) is 3.63. The van der Waals surface area contributed by atoms with Gasteiger partial charge in [-0.25, -0.2) is 9.78 Å². The largest absolute Gasteiger partial charge is 0.467 e. The average molecular weight is 265 g/mol. The van der Waals surface area contributed by atoms with Crippen LogP contribution < -0.4 is 0 Å². The van der Waals surface area contributed by atoms with E-state index in [2.05, 4.69) is 23.6 Å². The fourth-order valence-corrected chi connectivity index (χ4v) is 2.64. The van der Waals surface area contributed by atoms with Crippen LogP contribution in [0.5, 0.6) is 0 Å². The number of thiazole rings is 1. The topological polar surface area (TPSA) is 59.4 Å². The molecule has 0 radical (unpaired) electrons. The van der Waals surface area contributed by atoms with Gasteiger partial charge in [-0.1, -0.05) is 19.9 Å². The quantitative estimate of drug-likeness (QED) is 0.867. The van der Waals surface area contributed by atoms with E-state index in [1.54, 1.807) is 23.5 Å². The molecule has 0 saturated heterocycles. The van der Waals surface area contributed by atoms with Crippen molar-refractivity contribution in [3.05, 3.63) is 28.8 Å². The van der Waals surface area contributed by atoms with Gasteiger partial charge in [0.15, 0.2) is 6.10 Å². The average Bonchev–Trinajstić information content (AvgIpc) is 2.79. The molecule has 4 nitrogen and oxygen atoms in total. The highest BCUT2D eigenvalue weighted by Gasteiger charge is 2.19. The molecule has 0 fully saturated rings. The number of esters is 1. The van der Waals surface area contributed by atoms with Gasteiger partial charge in [0.2, 0.25) is 0 Å². The third-order valence-corrected chi connectivity index (χ3v) is 3.98. The van der Waals surface area contributed by atoms with Gasteiger partial charge in [-0.2, -0.15) is 0 Å². The number of ether oxygens (including phenoxy) is 1. The first-order valence-electron chi connectivity index (χ1n) is 5.69. The summed E-state index contributed by atoms with van der Waals surface area (Å²) in [5.41, 5.74) is 1.43. The standard InChI is InChI=1S/C13H15NO3S/c1-7(2)12-14-9-5-4-8(6-10(9)18-12)11(15)13(16)17-3/h4-7,11,15H,1-3H3. The van der Waals surface area contributed by atoms with Gasteiger partial charge in [0.25, 0.3) is 0 Å². The van der Waals surface area contributed by atoms with E-state index < -0.39 is 12.1 Å². The molecule has 1 N–H and O–H groups in total. The number of nitrogens with zero attached hydrogens (tertiary/aromatic N) is 1. The molecule has 0 bridgehead atoms. The van der Waals surface area contributed by atoms with Gasteiger partial charge in [0, 0.05) is 5.92 Å². The van der Waals surface area contributed by atoms with E-state index in [9.17, 15) is 9.90 Å². The molecule has 0 spiro atoms. The zero-order valence-corrected chi connectivity index (χ0v) is 11.3. The maximum atomic E-state index is 11.3. The van der Waals surface area contributed by atoms with Gasteiger partial charge in [-0.3, -0.25) is 0 Å². The number of hydrogen-bond acceptors (Lipinski definition) is 5. The van der Waals surface area contributed by atoms with E-state index in [1.807, 2.05) is 6.07 Å². The van der Waals surface area contributed by atoms with Gasteiger partial charge in [0.05, 0.1) is 22.3 Å². The van der Waals surface area contributed by atoms with E-state index >= 15 is 0 Å². The second-order valence-corrected chi connectivity index (χ2v) is 5.42. The lowest BCUT2D eigenvalue weighted by Gasteiger charge is -2.07. The van der Waals surface area contributed by atoms with Gasteiger partial charge >= 0.3 is 5.97 Å². The number of fused-ring (bicyclic) bond motifs is 1. The summed E-state index contributed by atoms with van der Waals surface area (Å²) >= 11 is 1.58. The highest BCUT2D eigenvalue weighted by Crippen LogP contribution is 2.29. The predicted octanol–water partition coefficient (Wildman–Crippen LogP) is 2.63. The van der Waals surface area contributed by atoms with Gasteiger partial charge in [-0.05, 0) is 17.7 Å². The van der Waals surface area contributed by atoms with Crippen LogP contribution in [0, 0.1) is 0 Å². The molecule has 1 heterocycles. The molecular formula is C13H15NO3S. The summed E-state index contributed by atoms with van der Waals surface area (Å²) in [6.45, 7) is 4.17. The fourth-order valence-electron chi connectivity index (χ4n) is 1.62. The molecule has 1 aromatic carbocycles. The van der Waals surface area contributed by atoms with Crippen LogP contribution in [0.2, 0.25) is 0 Å². The maximum absolute atomic E-state index is 11.3. The Morgan fingerprint density at radius 3 is 2.78 bits per heavy atom.